The molecule has 4 heteroatoms. The summed E-state index contributed by atoms with van der Waals surface area (Å²) in [7, 11) is 4.50. The Morgan fingerprint density at radius 3 is 1.20 bits per heavy atom. The maximum atomic E-state index is 4.50. The minimum absolute atomic E-state index is 0. The molecule has 32 valence electrons. The van der Waals surface area contributed by atoms with Crippen LogP contribution in [0.4, 0.5) is 0 Å². The van der Waals surface area contributed by atoms with Gasteiger partial charge in [0.15, 0.2) is 0 Å². The summed E-state index contributed by atoms with van der Waals surface area (Å²) in [5.74, 6) is 0. The fraction of sp³-hybridized carbons (Fsp3) is 1.00. The first-order valence-corrected chi connectivity index (χ1v) is 0.577. The van der Waals surface area contributed by atoms with Gasteiger partial charge in [0.1, 0.15) is 0 Å². The molecule has 0 atom stereocenters. The molecular weight excluding hydrogens is 385 g/mol. The van der Waals surface area contributed by atoms with E-state index < -0.39 is 0 Å². The van der Waals surface area contributed by atoms with Gasteiger partial charge in [0.2, 0.25) is 0 Å². The Hall–Kier alpha value is 3.21. The Morgan fingerprint density at radius 1 is 1.20 bits per heavy atom. The van der Waals surface area contributed by atoms with Gasteiger partial charge in [-0.3, -0.25) is 0 Å². The van der Waals surface area contributed by atoms with Crippen LogP contribution in [-0.4, -0.2) is 7.85 Å². The zero-order valence-electron chi connectivity index (χ0n) is 2.75. The molecule has 0 saturated carbocycles. The molecule has 0 aliphatic carbocycles. The van der Waals surface area contributed by atoms with E-state index in [1.165, 1.54) is 6.82 Å². The van der Waals surface area contributed by atoms with Crippen LogP contribution in [0.15, 0.2) is 0 Å². The molecule has 0 fully saturated rings. The van der Waals surface area contributed by atoms with Gasteiger partial charge in [-0.25, -0.2) is 0 Å². The average Bonchev–Trinajstić information content (AvgIpc) is 1.00. The van der Waals surface area contributed by atoms with Crippen molar-refractivity contribution in [3.8, 4) is 0 Å². The predicted octanol–water partition coefficient (Wildman–Crippen LogP) is 0.200. The molecule has 0 aliphatic rings. The van der Waals surface area contributed by atoms with Crippen LogP contribution in [0.3, 0.4) is 0 Å². The largest absolute Gasteiger partial charge is 0.0999 e. The Morgan fingerprint density at radius 2 is 1.20 bits per heavy atom. The summed E-state index contributed by atoms with van der Waals surface area (Å²) in [6, 6.07) is 0. The van der Waals surface area contributed by atoms with Gasteiger partial charge in [-0.2, -0.15) is 0 Å². The van der Waals surface area contributed by atoms with Gasteiger partial charge in [-0.05, 0) is 0 Å². The Bertz CT molecular complexity index is 11.6. The first kappa shape index (κ1) is 24.1. The molecule has 0 unspecified atom stereocenters. The molecule has 0 aromatic heterocycles. The zero-order chi connectivity index (χ0) is 2.00. The van der Waals surface area contributed by atoms with Crippen LogP contribution in [0, 0.1) is 79.0 Å². The van der Waals surface area contributed by atoms with E-state index in [2.05, 4.69) is 7.85 Å². The molecule has 5 heavy (non-hydrogen) atoms. The minimum atomic E-state index is 0. The quantitative estimate of drug-likeness (QED) is 0.521. The van der Waals surface area contributed by atoms with Gasteiger partial charge in [0.25, 0.3) is 0 Å². The van der Waals surface area contributed by atoms with Crippen molar-refractivity contribution in [3.05, 3.63) is 0 Å². The van der Waals surface area contributed by atoms with Gasteiger partial charge >= 0.3 is 0 Å². The van der Waals surface area contributed by atoms with E-state index in [0.29, 0.717) is 0 Å². The van der Waals surface area contributed by atoms with Crippen LogP contribution in [0.5, 0.6) is 0 Å². The molecule has 0 bridgehead atoms. The van der Waals surface area contributed by atoms with Gasteiger partial charge in [-0.1, -0.05) is 6.82 Å². The van der Waals surface area contributed by atoms with Crippen molar-refractivity contribution in [1.29, 1.82) is 0 Å². The third kappa shape index (κ3) is 19.0. The van der Waals surface area contributed by atoms with Crippen LogP contribution in [-0.2, 0) is 17.1 Å². The molecule has 0 spiro atoms. The van der Waals surface area contributed by atoms with E-state index >= 15 is 0 Å². The van der Waals surface area contributed by atoms with E-state index in [0.717, 1.165) is 0 Å². The SMILES string of the molecule is [B]C.[Dy].[Fe].[Nd]. The molecular formula is CH3BDyFeNd. The molecule has 0 aromatic rings. The minimum Gasteiger partial charge on any atom is -0.0999 e. The zero-order valence-corrected chi connectivity index (χ0v) is 9.09. The van der Waals surface area contributed by atoms with Crippen molar-refractivity contribution in [3.63, 3.8) is 0 Å². The monoisotopic (exact) mass is 388 g/mol. The molecule has 0 aromatic carbocycles. The summed E-state index contributed by atoms with van der Waals surface area (Å²) in [5, 5.41) is 0. The molecule has 0 saturated heterocycles. The second-order valence-electron chi connectivity index (χ2n) is 0. The molecule has 0 heterocycles. The second kappa shape index (κ2) is 27.0. The predicted molar refractivity (Wildman–Crippen MR) is 11.6 cm³/mol. The van der Waals surface area contributed by atoms with E-state index in [9.17, 15) is 0 Å². The summed E-state index contributed by atoms with van der Waals surface area (Å²) < 4.78 is 0. The van der Waals surface area contributed by atoms with E-state index in [1.54, 1.807) is 0 Å². The second-order valence-corrected chi connectivity index (χ2v) is 0. The standard InChI is InChI=1S/CH3B.Dy.Fe.Nd/c1-2;;;/h1H3;;;. The molecule has 0 N–H and O–H groups in total. The third-order valence-electron chi connectivity index (χ3n) is 0. The fourth-order valence-corrected chi connectivity index (χ4v) is 0. The normalized spacial score (nSPS) is 1.00. The van der Waals surface area contributed by atoms with Crippen LogP contribution < -0.4 is 0 Å². The molecule has 0 nitrogen and oxygen atoms in total. The smallest absolute Gasteiger partial charge is 0.0606 e. The average molecular weight is 388 g/mol. The topological polar surface area (TPSA) is 0 Å². The van der Waals surface area contributed by atoms with Gasteiger partial charge in [-0.15, -0.1) is 0 Å². The van der Waals surface area contributed by atoms with Crippen molar-refractivity contribution in [2.24, 2.45) is 0 Å². The molecule has 0 aliphatic heterocycles. The van der Waals surface area contributed by atoms with Crippen LogP contribution in [0.25, 0.3) is 0 Å². The Labute approximate surface area is 108 Å². The van der Waals surface area contributed by atoms with Crippen LogP contribution >= 0.6 is 0 Å². The van der Waals surface area contributed by atoms with Crippen molar-refractivity contribution in [2.75, 3.05) is 0 Å². The Balaban J connectivity index is -0.00000000167. The first-order valence-electron chi connectivity index (χ1n) is 0.577. The summed E-state index contributed by atoms with van der Waals surface area (Å²) in [6.07, 6.45) is 0. The van der Waals surface area contributed by atoms with Gasteiger partial charge < -0.3 is 0 Å². The van der Waals surface area contributed by atoms with Gasteiger partial charge in [0.05, 0.1) is 7.85 Å². The maximum absolute atomic E-state index is 4.50. The van der Waals surface area contributed by atoms with E-state index in [1.807, 2.05) is 0 Å². The summed E-state index contributed by atoms with van der Waals surface area (Å²) in [4.78, 5) is 0. The molecule has 0 amide bonds. The fourth-order valence-electron chi connectivity index (χ4n) is 0. The number of hydrogen-bond donors (Lipinski definition) is 0. The van der Waals surface area contributed by atoms with Crippen molar-refractivity contribution >= 4 is 7.85 Å². The van der Waals surface area contributed by atoms with Crippen molar-refractivity contribution in [1.82, 2.24) is 0 Å². The first-order chi connectivity index (χ1) is 1.00. The molecule has 2 radical (unpaired) electrons. The van der Waals surface area contributed by atoms with E-state index in [4.69, 9.17) is 0 Å². The van der Waals surface area contributed by atoms with E-state index in [-0.39, 0.29) is 96.1 Å². The van der Waals surface area contributed by atoms with Crippen molar-refractivity contribution in [2.45, 2.75) is 6.82 Å². The van der Waals surface area contributed by atoms with Crippen LogP contribution in [0.1, 0.15) is 0 Å². The number of hydrogen-bond acceptors (Lipinski definition) is 0. The summed E-state index contributed by atoms with van der Waals surface area (Å²) >= 11 is 0. The molecule has 0 rings (SSSR count). The van der Waals surface area contributed by atoms with Gasteiger partial charge in [0, 0.05) is 96.1 Å². The Kier molecular flexibility index (Phi) is 130. The maximum Gasteiger partial charge on any atom is 0.0606 e. The third-order valence-corrected chi connectivity index (χ3v) is 0. The number of rotatable bonds is 0. The van der Waals surface area contributed by atoms with Crippen LogP contribution in [0.2, 0.25) is 6.82 Å². The summed E-state index contributed by atoms with van der Waals surface area (Å²) in [6.45, 7) is 1.50. The van der Waals surface area contributed by atoms with Crippen molar-refractivity contribution < 1.29 is 96.1 Å². The summed E-state index contributed by atoms with van der Waals surface area (Å²) in [5.41, 5.74) is 0.